The Morgan fingerprint density at radius 1 is 1.11 bits per heavy atom. The van der Waals surface area contributed by atoms with Gasteiger partial charge < -0.3 is 15.5 Å². The van der Waals surface area contributed by atoms with Crippen LogP contribution in [-0.4, -0.2) is 29.9 Å². The number of halogens is 2. The van der Waals surface area contributed by atoms with Crippen molar-refractivity contribution in [3.05, 3.63) is 40.9 Å². The first-order valence-electron chi connectivity index (χ1n) is 9.70. The lowest BCUT2D eigenvalue weighted by Gasteiger charge is -2.30. The highest BCUT2D eigenvalue weighted by Gasteiger charge is 2.25. The van der Waals surface area contributed by atoms with Gasteiger partial charge >= 0.3 is 0 Å². The fourth-order valence-corrected chi connectivity index (χ4v) is 4.61. The van der Waals surface area contributed by atoms with Crippen molar-refractivity contribution in [1.82, 2.24) is 4.98 Å². The van der Waals surface area contributed by atoms with Crippen molar-refractivity contribution in [3.8, 4) is 0 Å². The van der Waals surface area contributed by atoms with Gasteiger partial charge in [0.1, 0.15) is 17.7 Å². The predicted octanol–water partition coefficient (Wildman–Crippen LogP) is 4.70. The lowest BCUT2D eigenvalue weighted by atomic mass is 9.83. The second-order valence-corrected chi connectivity index (χ2v) is 8.31. The summed E-state index contributed by atoms with van der Waals surface area (Å²) in [5.41, 5.74) is 6.71. The Balaban J connectivity index is 1.26. The van der Waals surface area contributed by atoms with Gasteiger partial charge in [-0.25, -0.2) is 13.8 Å². The van der Waals surface area contributed by atoms with E-state index in [4.69, 9.17) is 10.6 Å². The molecule has 0 spiro atoms. The van der Waals surface area contributed by atoms with Crippen LogP contribution in [-0.2, 0) is 4.84 Å². The van der Waals surface area contributed by atoms with Crippen LogP contribution in [0.1, 0.15) is 50.0 Å². The van der Waals surface area contributed by atoms with Crippen LogP contribution in [0.4, 0.5) is 19.6 Å². The average Bonchev–Trinajstić information content (AvgIpc) is 3.25. The van der Waals surface area contributed by atoms with E-state index in [2.05, 4.69) is 15.0 Å². The summed E-state index contributed by atoms with van der Waals surface area (Å²) in [4.78, 5) is 12.4. The molecule has 5 nitrogen and oxygen atoms in total. The molecule has 28 heavy (non-hydrogen) atoms. The van der Waals surface area contributed by atoms with E-state index in [0.717, 1.165) is 68.5 Å². The van der Waals surface area contributed by atoms with Crippen LogP contribution in [0, 0.1) is 11.6 Å². The van der Waals surface area contributed by atoms with Gasteiger partial charge in [-0.2, -0.15) is 0 Å². The smallest absolute Gasteiger partial charge is 0.185 e. The van der Waals surface area contributed by atoms with Crippen molar-refractivity contribution < 1.29 is 13.6 Å². The maximum Gasteiger partial charge on any atom is 0.185 e. The zero-order chi connectivity index (χ0) is 19.5. The molecule has 1 aromatic heterocycles. The van der Waals surface area contributed by atoms with Gasteiger partial charge in [0.05, 0.1) is 11.4 Å². The molecule has 150 valence electrons. The van der Waals surface area contributed by atoms with Gasteiger partial charge in [-0.3, -0.25) is 0 Å². The number of rotatable bonds is 4. The molecule has 2 fully saturated rings. The monoisotopic (exact) mass is 406 g/mol. The highest BCUT2D eigenvalue weighted by atomic mass is 32.1. The Morgan fingerprint density at radius 2 is 1.86 bits per heavy atom. The number of anilines is 2. The molecule has 0 bridgehead atoms. The second kappa shape index (κ2) is 8.43. The molecule has 4 rings (SSSR count). The van der Waals surface area contributed by atoms with Crippen molar-refractivity contribution in [2.24, 2.45) is 5.16 Å². The third-order valence-corrected chi connectivity index (χ3v) is 6.41. The Labute approximate surface area is 167 Å². The highest BCUT2D eigenvalue weighted by molar-refractivity contribution is 7.13. The first-order chi connectivity index (χ1) is 13.6. The number of hydrogen-bond donors (Lipinski definition) is 1. The highest BCUT2D eigenvalue weighted by Crippen LogP contribution is 2.35. The lowest BCUT2D eigenvalue weighted by molar-refractivity contribution is 0.0408. The van der Waals surface area contributed by atoms with Crippen molar-refractivity contribution in [2.45, 2.75) is 50.5 Å². The van der Waals surface area contributed by atoms with Crippen LogP contribution in [0.15, 0.2) is 28.9 Å². The van der Waals surface area contributed by atoms with Gasteiger partial charge in [0.2, 0.25) is 0 Å². The van der Waals surface area contributed by atoms with Gasteiger partial charge in [-0.15, -0.1) is 11.3 Å². The number of oxime groups is 1. The van der Waals surface area contributed by atoms with Gasteiger partial charge in [-0.05, 0) is 43.2 Å². The first kappa shape index (κ1) is 19.1. The number of piperidine rings is 1. The normalized spacial score (nSPS) is 21.0. The van der Waals surface area contributed by atoms with Crippen LogP contribution < -0.4 is 10.6 Å². The average molecular weight is 407 g/mol. The standard InChI is InChI=1S/C20H24F2N4OS/c21-17-12-19(23)18(22)11-16(17)13-1-3-14(4-2-13)25-27-15-5-8-26(9-6-15)20-24-7-10-28-20/h7,10-13,15H,1-6,8-9,23H2. The molecular weight excluding hydrogens is 382 g/mol. The Bertz CT molecular complexity index is 825. The largest absolute Gasteiger partial charge is 0.396 e. The fraction of sp³-hybridized carbons (Fsp3) is 0.500. The molecule has 1 saturated carbocycles. The Morgan fingerprint density at radius 3 is 2.54 bits per heavy atom. The van der Waals surface area contributed by atoms with Gasteiger partial charge in [-0.1, -0.05) is 5.16 Å². The molecule has 8 heteroatoms. The molecule has 1 aliphatic carbocycles. The molecule has 2 N–H and O–H groups in total. The first-order valence-corrected chi connectivity index (χ1v) is 10.6. The molecule has 2 aromatic rings. The third-order valence-electron chi connectivity index (χ3n) is 5.58. The van der Waals surface area contributed by atoms with Crippen molar-refractivity contribution >= 4 is 27.9 Å². The number of aromatic nitrogens is 1. The number of thiazole rings is 1. The van der Waals surface area contributed by atoms with Gasteiger partial charge in [0, 0.05) is 43.6 Å². The van der Waals surface area contributed by atoms with E-state index in [1.165, 1.54) is 6.07 Å². The summed E-state index contributed by atoms with van der Waals surface area (Å²) in [7, 11) is 0. The minimum atomic E-state index is -0.553. The minimum absolute atomic E-state index is 0.00409. The maximum atomic E-state index is 14.1. The van der Waals surface area contributed by atoms with E-state index in [1.54, 1.807) is 11.3 Å². The zero-order valence-electron chi connectivity index (χ0n) is 15.6. The van der Waals surface area contributed by atoms with E-state index >= 15 is 0 Å². The molecule has 1 saturated heterocycles. The lowest BCUT2D eigenvalue weighted by Crippen LogP contribution is -2.36. The summed E-state index contributed by atoms with van der Waals surface area (Å²) >= 11 is 1.66. The molecule has 0 unspecified atom stereocenters. The van der Waals surface area contributed by atoms with Crippen LogP contribution >= 0.6 is 11.3 Å². The van der Waals surface area contributed by atoms with E-state index in [9.17, 15) is 8.78 Å². The van der Waals surface area contributed by atoms with Crippen LogP contribution in [0.3, 0.4) is 0 Å². The minimum Gasteiger partial charge on any atom is -0.396 e. The Hall–Kier alpha value is -2.22. The van der Waals surface area contributed by atoms with Crippen molar-refractivity contribution in [2.75, 3.05) is 23.7 Å². The van der Waals surface area contributed by atoms with Crippen LogP contribution in [0.5, 0.6) is 0 Å². The summed E-state index contributed by atoms with van der Waals surface area (Å²) in [6.45, 7) is 1.85. The molecule has 0 atom stereocenters. The number of nitrogen functional groups attached to an aromatic ring is 1. The maximum absolute atomic E-state index is 14.1. The molecule has 2 aliphatic rings. The molecule has 2 heterocycles. The van der Waals surface area contributed by atoms with E-state index < -0.39 is 11.6 Å². The van der Waals surface area contributed by atoms with Crippen molar-refractivity contribution in [1.29, 1.82) is 0 Å². The SMILES string of the molecule is Nc1cc(F)c(C2CCC(=NOC3CCN(c4nccs4)CC3)CC2)cc1F. The topological polar surface area (TPSA) is 63.7 Å². The summed E-state index contributed by atoms with van der Waals surface area (Å²) in [6.07, 6.45) is 6.78. The molecule has 0 amide bonds. The number of benzene rings is 1. The predicted molar refractivity (Wildman–Crippen MR) is 108 cm³/mol. The number of nitrogens with zero attached hydrogens (tertiary/aromatic N) is 3. The van der Waals surface area contributed by atoms with Crippen LogP contribution in [0.2, 0.25) is 0 Å². The number of nitrogens with two attached hydrogens (primary N) is 1. The summed E-state index contributed by atoms with van der Waals surface area (Å²) in [5.74, 6) is -0.980. The zero-order valence-corrected chi connectivity index (χ0v) is 16.4. The van der Waals surface area contributed by atoms with Crippen molar-refractivity contribution in [3.63, 3.8) is 0 Å². The van der Waals surface area contributed by atoms with Gasteiger partial charge in [0.15, 0.2) is 5.13 Å². The molecule has 0 radical (unpaired) electrons. The number of hydrogen-bond acceptors (Lipinski definition) is 6. The molecule has 1 aromatic carbocycles. The molecular formula is C20H24F2N4OS. The summed E-state index contributed by atoms with van der Waals surface area (Å²) in [5, 5.41) is 7.43. The van der Waals surface area contributed by atoms with E-state index in [1.807, 2.05) is 11.6 Å². The second-order valence-electron chi connectivity index (χ2n) is 7.43. The summed E-state index contributed by atoms with van der Waals surface area (Å²) < 4.78 is 27.8. The van der Waals surface area contributed by atoms with E-state index in [-0.39, 0.29) is 17.7 Å². The van der Waals surface area contributed by atoms with Crippen LogP contribution in [0.25, 0.3) is 0 Å². The fourth-order valence-electron chi connectivity index (χ4n) is 3.92. The Kier molecular flexibility index (Phi) is 5.75. The van der Waals surface area contributed by atoms with E-state index in [0.29, 0.717) is 5.56 Å². The summed E-state index contributed by atoms with van der Waals surface area (Å²) in [6, 6.07) is 2.32. The third kappa shape index (κ3) is 4.27. The molecule has 1 aliphatic heterocycles. The van der Waals surface area contributed by atoms with Gasteiger partial charge in [0.25, 0.3) is 0 Å². The quantitative estimate of drug-likeness (QED) is 0.590.